The van der Waals surface area contributed by atoms with Crippen LogP contribution in [0.15, 0.2) is 21.4 Å². The fourth-order valence-electron chi connectivity index (χ4n) is 1.19. The lowest BCUT2D eigenvalue weighted by Crippen LogP contribution is -2.07. The van der Waals surface area contributed by atoms with Gasteiger partial charge in [0.2, 0.25) is 0 Å². The van der Waals surface area contributed by atoms with Crippen molar-refractivity contribution in [2.24, 2.45) is 0 Å². The highest BCUT2D eigenvalue weighted by Gasteiger charge is 2.27. The lowest BCUT2D eigenvalue weighted by Gasteiger charge is -2.10. The van der Waals surface area contributed by atoms with Crippen LogP contribution in [-0.4, -0.2) is 11.3 Å². The quantitative estimate of drug-likeness (QED) is 0.913. The summed E-state index contributed by atoms with van der Waals surface area (Å²) in [5, 5.41) is 9.53. The number of aliphatic hydroxyl groups is 1. The zero-order valence-corrected chi connectivity index (χ0v) is 9.31. The molecule has 0 saturated heterocycles. The molecule has 6 heteroatoms. The van der Waals surface area contributed by atoms with Crippen molar-refractivity contribution in [3.8, 4) is 0 Å². The van der Waals surface area contributed by atoms with Crippen molar-refractivity contribution in [3.05, 3.63) is 22.6 Å². The van der Waals surface area contributed by atoms with E-state index in [4.69, 9.17) is 4.42 Å². The molecule has 0 radical (unpaired) electrons. The number of aliphatic hydroxyl groups excluding tert-OH is 1. The van der Waals surface area contributed by atoms with Gasteiger partial charge in [-0.05, 0) is 34.8 Å². The SMILES string of the molecule is OC(CCCC(F)(F)F)c1ccoc1Br. The highest BCUT2D eigenvalue weighted by Crippen LogP contribution is 2.30. The van der Waals surface area contributed by atoms with E-state index in [1.165, 1.54) is 12.3 Å². The van der Waals surface area contributed by atoms with Gasteiger partial charge in [-0.15, -0.1) is 0 Å². The molecule has 0 spiro atoms. The van der Waals surface area contributed by atoms with Gasteiger partial charge in [0.1, 0.15) is 0 Å². The summed E-state index contributed by atoms with van der Waals surface area (Å²) in [5.74, 6) is 0. The van der Waals surface area contributed by atoms with Crippen LogP contribution in [0.3, 0.4) is 0 Å². The fourth-order valence-corrected chi connectivity index (χ4v) is 1.70. The Morgan fingerprint density at radius 1 is 1.47 bits per heavy atom. The van der Waals surface area contributed by atoms with Crippen LogP contribution in [0, 0.1) is 0 Å². The third-order valence-electron chi connectivity index (χ3n) is 1.94. The second kappa shape index (κ2) is 5.03. The first kappa shape index (κ1) is 12.6. The molecule has 1 heterocycles. The maximum absolute atomic E-state index is 11.8. The van der Waals surface area contributed by atoms with Gasteiger partial charge in [0.25, 0.3) is 0 Å². The predicted octanol–water partition coefficient (Wildman–Crippen LogP) is 3.81. The van der Waals surface area contributed by atoms with E-state index in [0.29, 0.717) is 10.2 Å². The molecule has 0 aromatic carbocycles. The summed E-state index contributed by atoms with van der Waals surface area (Å²) >= 11 is 3.05. The first-order valence-electron chi connectivity index (χ1n) is 4.38. The number of hydrogen-bond acceptors (Lipinski definition) is 2. The van der Waals surface area contributed by atoms with Crippen molar-refractivity contribution in [3.63, 3.8) is 0 Å². The summed E-state index contributed by atoms with van der Waals surface area (Å²) in [5.41, 5.74) is 0.483. The molecule has 1 aromatic rings. The monoisotopic (exact) mass is 286 g/mol. The first-order valence-corrected chi connectivity index (χ1v) is 5.17. The van der Waals surface area contributed by atoms with E-state index in [2.05, 4.69) is 15.9 Å². The molecule has 15 heavy (non-hydrogen) atoms. The Morgan fingerprint density at radius 2 is 2.13 bits per heavy atom. The van der Waals surface area contributed by atoms with Gasteiger partial charge in [-0.2, -0.15) is 13.2 Å². The van der Waals surface area contributed by atoms with Gasteiger partial charge in [-0.3, -0.25) is 0 Å². The highest BCUT2D eigenvalue weighted by atomic mass is 79.9. The molecule has 0 bridgehead atoms. The molecule has 1 aromatic heterocycles. The second-order valence-electron chi connectivity index (χ2n) is 3.17. The minimum atomic E-state index is -4.16. The third-order valence-corrected chi connectivity index (χ3v) is 2.59. The summed E-state index contributed by atoms with van der Waals surface area (Å²) in [6, 6.07) is 1.53. The molecule has 0 aliphatic rings. The molecule has 0 aliphatic heterocycles. The maximum atomic E-state index is 11.8. The van der Waals surface area contributed by atoms with Crippen LogP contribution in [-0.2, 0) is 0 Å². The van der Waals surface area contributed by atoms with Gasteiger partial charge in [-0.1, -0.05) is 0 Å². The van der Waals surface area contributed by atoms with Crippen molar-refractivity contribution in [1.29, 1.82) is 0 Å². The molecule has 0 amide bonds. The number of halogens is 4. The van der Waals surface area contributed by atoms with Crippen LogP contribution in [0.2, 0.25) is 0 Å². The Kier molecular flexibility index (Phi) is 4.21. The Bertz CT molecular complexity index is 309. The Morgan fingerprint density at radius 3 is 2.60 bits per heavy atom. The van der Waals surface area contributed by atoms with Crippen molar-refractivity contribution < 1.29 is 22.7 Å². The van der Waals surface area contributed by atoms with Crippen molar-refractivity contribution in [2.75, 3.05) is 0 Å². The zero-order chi connectivity index (χ0) is 11.5. The van der Waals surface area contributed by atoms with Gasteiger partial charge in [0.05, 0.1) is 12.4 Å². The molecular weight excluding hydrogens is 277 g/mol. The Balaban J connectivity index is 2.37. The van der Waals surface area contributed by atoms with Crippen molar-refractivity contribution >= 4 is 15.9 Å². The van der Waals surface area contributed by atoms with Gasteiger partial charge in [0, 0.05) is 12.0 Å². The van der Waals surface area contributed by atoms with E-state index in [1.54, 1.807) is 0 Å². The van der Waals surface area contributed by atoms with Crippen molar-refractivity contribution in [1.82, 2.24) is 0 Å². The van der Waals surface area contributed by atoms with Crippen LogP contribution in [0.25, 0.3) is 0 Å². The van der Waals surface area contributed by atoms with E-state index in [-0.39, 0.29) is 12.8 Å². The topological polar surface area (TPSA) is 33.4 Å². The first-order chi connectivity index (χ1) is 6.90. The van der Waals surface area contributed by atoms with E-state index < -0.39 is 18.7 Å². The minimum absolute atomic E-state index is 0.0671. The van der Waals surface area contributed by atoms with Gasteiger partial charge >= 0.3 is 6.18 Å². The van der Waals surface area contributed by atoms with Crippen LogP contribution >= 0.6 is 15.9 Å². The van der Waals surface area contributed by atoms with Crippen LogP contribution in [0.1, 0.15) is 30.9 Å². The van der Waals surface area contributed by atoms with E-state index in [9.17, 15) is 18.3 Å². The number of furan rings is 1. The third kappa shape index (κ3) is 4.25. The predicted molar refractivity (Wildman–Crippen MR) is 51.3 cm³/mol. The smallest absolute Gasteiger partial charge is 0.389 e. The van der Waals surface area contributed by atoms with Crippen molar-refractivity contribution in [2.45, 2.75) is 31.5 Å². The Hall–Kier alpha value is -0.490. The summed E-state index contributed by atoms with van der Waals surface area (Å²) in [7, 11) is 0. The van der Waals surface area contributed by atoms with Gasteiger partial charge < -0.3 is 9.52 Å². The molecule has 86 valence electrons. The second-order valence-corrected chi connectivity index (χ2v) is 3.89. The lowest BCUT2D eigenvalue weighted by atomic mass is 10.1. The molecule has 0 aliphatic carbocycles. The van der Waals surface area contributed by atoms with E-state index in [1.807, 2.05) is 0 Å². The largest absolute Gasteiger partial charge is 0.457 e. The normalized spacial score (nSPS) is 14.2. The molecule has 1 N–H and O–H groups in total. The summed E-state index contributed by atoms with van der Waals surface area (Å²) in [4.78, 5) is 0. The number of rotatable bonds is 4. The average Bonchev–Trinajstić information content (AvgIpc) is 2.48. The van der Waals surface area contributed by atoms with E-state index >= 15 is 0 Å². The molecule has 0 fully saturated rings. The minimum Gasteiger partial charge on any atom is -0.457 e. The average molecular weight is 287 g/mol. The fraction of sp³-hybridized carbons (Fsp3) is 0.556. The molecular formula is C9H10BrF3O2. The molecule has 0 saturated carbocycles. The van der Waals surface area contributed by atoms with Crippen LogP contribution < -0.4 is 0 Å². The van der Waals surface area contributed by atoms with Gasteiger partial charge in [0.15, 0.2) is 4.67 Å². The standard InChI is InChI=1S/C9H10BrF3O2/c10-8-6(3-5-15-8)7(14)2-1-4-9(11,12)13/h3,5,7,14H,1-2,4H2. The van der Waals surface area contributed by atoms with Crippen LogP contribution in [0.5, 0.6) is 0 Å². The molecule has 1 unspecified atom stereocenters. The molecule has 1 atom stereocenters. The number of hydrogen-bond donors (Lipinski definition) is 1. The lowest BCUT2D eigenvalue weighted by molar-refractivity contribution is -0.136. The van der Waals surface area contributed by atoms with E-state index in [0.717, 1.165) is 0 Å². The summed E-state index contributed by atoms with van der Waals surface area (Å²) in [6.07, 6.45) is -4.61. The maximum Gasteiger partial charge on any atom is 0.389 e. The zero-order valence-electron chi connectivity index (χ0n) is 7.72. The summed E-state index contributed by atoms with van der Waals surface area (Å²) < 4.78 is 40.7. The summed E-state index contributed by atoms with van der Waals surface area (Å²) in [6.45, 7) is 0. The Labute approximate surface area is 93.2 Å². The molecule has 2 nitrogen and oxygen atoms in total. The van der Waals surface area contributed by atoms with Crippen LogP contribution in [0.4, 0.5) is 13.2 Å². The van der Waals surface area contributed by atoms with Gasteiger partial charge in [-0.25, -0.2) is 0 Å². The number of alkyl halides is 3. The molecule has 1 rings (SSSR count). The highest BCUT2D eigenvalue weighted by molar-refractivity contribution is 9.10.